The summed E-state index contributed by atoms with van der Waals surface area (Å²) in [4.78, 5) is 0. The van der Waals surface area contributed by atoms with E-state index in [1.807, 2.05) is 0 Å². The van der Waals surface area contributed by atoms with Crippen LogP contribution in [0.5, 0.6) is 0 Å². The molecule has 1 nitrogen and oxygen atoms in total. The zero-order valence-corrected chi connectivity index (χ0v) is 18.0. The molecule has 0 bridgehead atoms. The van der Waals surface area contributed by atoms with E-state index in [4.69, 9.17) is 5.11 Å². The molecule has 0 aliphatic heterocycles. The lowest BCUT2D eigenvalue weighted by atomic mass is 9.92. The minimum Gasteiger partial charge on any atom is -0.396 e. The van der Waals surface area contributed by atoms with E-state index in [-0.39, 0.29) is 6.61 Å². The van der Waals surface area contributed by atoms with Crippen LogP contribution in [0.25, 0.3) is 22.3 Å². The van der Waals surface area contributed by atoms with Crippen molar-refractivity contribution in [3.8, 4) is 22.3 Å². The number of aryl methyl sites for hydroxylation is 2. The molecule has 0 aliphatic rings. The van der Waals surface area contributed by atoms with Crippen molar-refractivity contribution in [3.05, 3.63) is 83.4 Å². The van der Waals surface area contributed by atoms with Gasteiger partial charge in [0.25, 0.3) is 0 Å². The molecule has 0 unspecified atom stereocenters. The van der Waals surface area contributed by atoms with Crippen molar-refractivity contribution in [1.29, 1.82) is 0 Å². The summed E-state index contributed by atoms with van der Waals surface area (Å²) in [5.74, 6) is 0. The van der Waals surface area contributed by atoms with Crippen LogP contribution >= 0.6 is 0 Å². The fraction of sp³-hybridized carbons (Fsp3) is 0.357. The largest absolute Gasteiger partial charge is 0.396 e. The molecule has 0 saturated heterocycles. The molecule has 3 rings (SSSR count). The molecule has 0 amide bonds. The molecule has 1 heteroatoms. The Balaban J connectivity index is 1.76. The van der Waals surface area contributed by atoms with Crippen LogP contribution in [0.1, 0.15) is 56.2 Å². The van der Waals surface area contributed by atoms with Crippen LogP contribution in [0.3, 0.4) is 0 Å². The first-order chi connectivity index (χ1) is 14.2. The molecule has 1 N–H and O–H groups in total. The Morgan fingerprint density at radius 2 is 1.24 bits per heavy atom. The van der Waals surface area contributed by atoms with E-state index >= 15 is 0 Å². The molecule has 3 aromatic rings. The minimum absolute atomic E-state index is 0.200. The smallest absolute Gasteiger partial charge is 0.0471 e. The second-order valence-electron chi connectivity index (χ2n) is 7.90. The maximum absolute atomic E-state index is 9.11. The predicted octanol–water partition coefficient (Wildman–Crippen LogP) is 7.24. The fourth-order valence-corrected chi connectivity index (χ4v) is 3.95. The SMILES string of the molecule is CCCCCCc1ccc(-c2ccc(-c3ccc(CCO)cc3)c(CC)c2)cc1. The molecule has 29 heavy (non-hydrogen) atoms. The van der Waals surface area contributed by atoms with Gasteiger partial charge in [-0.2, -0.15) is 0 Å². The number of aliphatic hydroxyl groups is 1. The van der Waals surface area contributed by atoms with E-state index < -0.39 is 0 Å². The Bertz CT molecular complexity index is 875. The van der Waals surface area contributed by atoms with E-state index in [1.165, 1.54) is 71.0 Å². The summed E-state index contributed by atoms with van der Waals surface area (Å²) in [5, 5.41) is 9.11. The Morgan fingerprint density at radius 3 is 1.86 bits per heavy atom. The maximum atomic E-state index is 9.11. The predicted molar refractivity (Wildman–Crippen MR) is 125 cm³/mol. The van der Waals surface area contributed by atoms with Gasteiger partial charge in [-0.1, -0.05) is 99.8 Å². The highest BCUT2D eigenvalue weighted by Crippen LogP contribution is 2.30. The van der Waals surface area contributed by atoms with E-state index in [0.29, 0.717) is 6.42 Å². The molecule has 3 aromatic carbocycles. The number of hydrogen-bond donors (Lipinski definition) is 1. The van der Waals surface area contributed by atoms with Gasteiger partial charge in [0, 0.05) is 6.61 Å². The van der Waals surface area contributed by atoms with Crippen LogP contribution in [0, 0.1) is 0 Å². The third kappa shape index (κ3) is 5.81. The highest BCUT2D eigenvalue weighted by atomic mass is 16.2. The summed E-state index contributed by atoms with van der Waals surface area (Å²) in [6, 6.07) is 24.6. The first-order valence-corrected chi connectivity index (χ1v) is 11.2. The molecular formula is C28H34O. The summed E-state index contributed by atoms with van der Waals surface area (Å²) < 4.78 is 0. The molecule has 0 saturated carbocycles. The van der Waals surface area contributed by atoms with Crippen LogP contribution in [-0.4, -0.2) is 11.7 Å². The lowest BCUT2D eigenvalue weighted by Crippen LogP contribution is -1.92. The Morgan fingerprint density at radius 1 is 0.621 bits per heavy atom. The van der Waals surface area contributed by atoms with Crippen molar-refractivity contribution in [1.82, 2.24) is 0 Å². The molecule has 0 fully saturated rings. The van der Waals surface area contributed by atoms with Gasteiger partial charge in [-0.3, -0.25) is 0 Å². The van der Waals surface area contributed by atoms with Gasteiger partial charge >= 0.3 is 0 Å². The number of rotatable bonds is 10. The average Bonchev–Trinajstić information content (AvgIpc) is 2.77. The van der Waals surface area contributed by atoms with Gasteiger partial charge in [0.05, 0.1) is 0 Å². The Labute approximate surface area is 176 Å². The first kappa shape index (κ1) is 21.3. The average molecular weight is 387 g/mol. The van der Waals surface area contributed by atoms with Crippen molar-refractivity contribution in [2.45, 2.75) is 58.8 Å². The van der Waals surface area contributed by atoms with Crippen LogP contribution in [0.4, 0.5) is 0 Å². The van der Waals surface area contributed by atoms with Gasteiger partial charge in [0.15, 0.2) is 0 Å². The lowest BCUT2D eigenvalue weighted by Gasteiger charge is -2.12. The number of benzene rings is 3. The van der Waals surface area contributed by atoms with Gasteiger partial charge in [-0.25, -0.2) is 0 Å². The van der Waals surface area contributed by atoms with Crippen molar-refractivity contribution >= 4 is 0 Å². The summed E-state index contributed by atoms with van der Waals surface area (Å²) in [6.45, 7) is 4.69. The first-order valence-electron chi connectivity index (χ1n) is 11.2. The second kappa shape index (κ2) is 11.0. The van der Waals surface area contributed by atoms with E-state index in [2.05, 4.69) is 80.6 Å². The third-order valence-electron chi connectivity index (χ3n) is 5.76. The van der Waals surface area contributed by atoms with Crippen molar-refractivity contribution in [2.75, 3.05) is 6.61 Å². The molecule has 0 atom stereocenters. The Kier molecular flexibility index (Phi) is 8.07. The highest BCUT2D eigenvalue weighted by Gasteiger charge is 2.07. The second-order valence-corrected chi connectivity index (χ2v) is 7.90. The van der Waals surface area contributed by atoms with Gasteiger partial charge in [-0.15, -0.1) is 0 Å². The van der Waals surface area contributed by atoms with E-state index in [1.54, 1.807) is 0 Å². The van der Waals surface area contributed by atoms with Crippen molar-refractivity contribution < 1.29 is 5.11 Å². The Hall–Kier alpha value is -2.38. The fourth-order valence-electron chi connectivity index (χ4n) is 3.95. The molecule has 0 spiro atoms. The normalized spacial score (nSPS) is 11.0. The summed E-state index contributed by atoms with van der Waals surface area (Å²) >= 11 is 0. The number of unbranched alkanes of at least 4 members (excludes halogenated alkanes) is 3. The maximum Gasteiger partial charge on any atom is 0.0471 e. The monoisotopic (exact) mass is 386 g/mol. The minimum atomic E-state index is 0.200. The van der Waals surface area contributed by atoms with Crippen LogP contribution in [-0.2, 0) is 19.3 Å². The molecule has 0 radical (unpaired) electrons. The number of hydrogen-bond acceptors (Lipinski definition) is 1. The van der Waals surface area contributed by atoms with Crippen molar-refractivity contribution in [2.24, 2.45) is 0 Å². The lowest BCUT2D eigenvalue weighted by molar-refractivity contribution is 0.299. The van der Waals surface area contributed by atoms with Gasteiger partial charge in [0.1, 0.15) is 0 Å². The molecular weight excluding hydrogens is 352 g/mol. The zero-order chi connectivity index (χ0) is 20.5. The third-order valence-corrected chi connectivity index (χ3v) is 5.76. The van der Waals surface area contributed by atoms with Crippen LogP contribution in [0.2, 0.25) is 0 Å². The van der Waals surface area contributed by atoms with Gasteiger partial charge in [-0.05, 0) is 64.6 Å². The highest BCUT2D eigenvalue weighted by molar-refractivity contribution is 5.74. The van der Waals surface area contributed by atoms with Crippen LogP contribution in [0.15, 0.2) is 66.7 Å². The molecule has 0 heterocycles. The standard InChI is InChI=1S/C28H34O/c1-3-5-6-7-8-22-9-13-25(14-10-22)27-17-18-28(24(4-2)21-27)26-15-11-23(12-16-26)19-20-29/h9-18,21,29H,3-8,19-20H2,1-2H3. The zero-order valence-electron chi connectivity index (χ0n) is 18.0. The quantitative estimate of drug-likeness (QED) is 0.364. The summed E-state index contributed by atoms with van der Waals surface area (Å²) in [7, 11) is 0. The molecule has 0 aliphatic carbocycles. The van der Waals surface area contributed by atoms with Gasteiger partial charge in [0.2, 0.25) is 0 Å². The summed E-state index contributed by atoms with van der Waals surface area (Å²) in [5.41, 5.74) is 9.14. The summed E-state index contributed by atoms with van der Waals surface area (Å²) in [6.07, 6.45) is 8.17. The van der Waals surface area contributed by atoms with Crippen molar-refractivity contribution in [3.63, 3.8) is 0 Å². The number of aliphatic hydroxyl groups excluding tert-OH is 1. The van der Waals surface area contributed by atoms with E-state index in [9.17, 15) is 0 Å². The van der Waals surface area contributed by atoms with Crippen LogP contribution < -0.4 is 0 Å². The van der Waals surface area contributed by atoms with Gasteiger partial charge < -0.3 is 5.11 Å². The topological polar surface area (TPSA) is 20.2 Å². The van der Waals surface area contributed by atoms with E-state index in [0.717, 1.165) is 6.42 Å². The molecule has 152 valence electrons. The molecule has 0 aromatic heterocycles.